The van der Waals surface area contributed by atoms with Crippen molar-refractivity contribution in [3.05, 3.63) is 0 Å². The lowest BCUT2D eigenvalue weighted by atomic mass is 10.1. The molecule has 0 bridgehead atoms. The summed E-state index contributed by atoms with van der Waals surface area (Å²) >= 11 is 0. The van der Waals surface area contributed by atoms with Gasteiger partial charge in [0.2, 0.25) is 6.10 Å². The molecular formula is C11H14N2O5. The molecule has 1 atom stereocenters. The first-order valence-corrected chi connectivity index (χ1v) is 5.77. The molecule has 0 saturated carbocycles. The number of carbonyl (C=O) groups excluding carboxylic acids is 3. The van der Waals surface area contributed by atoms with Crippen molar-refractivity contribution in [2.75, 3.05) is 13.2 Å². The summed E-state index contributed by atoms with van der Waals surface area (Å²) in [6.45, 7) is 1.97. The van der Waals surface area contributed by atoms with Gasteiger partial charge in [0.15, 0.2) is 0 Å². The van der Waals surface area contributed by atoms with Crippen molar-refractivity contribution in [3.63, 3.8) is 0 Å². The summed E-state index contributed by atoms with van der Waals surface area (Å²) in [4.78, 5) is 40.0. The second-order valence-corrected chi connectivity index (χ2v) is 4.26. The second-order valence-electron chi connectivity index (χ2n) is 4.26. The fourth-order valence-corrected chi connectivity index (χ4v) is 1.79. The topological polar surface area (TPSA) is 85.3 Å². The molecule has 98 valence electrons. The van der Waals surface area contributed by atoms with Gasteiger partial charge in [-0.1, -0.05) is 5.16 Å². The van der Waals surface area contributed by atoms with Crippen molar-refractivity contribution < 1.29 is 24.0 Å². The molecule has 18 heavy (non-hydrogen) atoms. The van der Waals surface area contributed by atoms with Gasteiger partial charge < -0.3 is 14.4 Å². The molecule has 0 N–H and O–H groups in total. The van der Waals surface area contributed by atoms with Gasteiger partial charge in [-0.3, -0.25) is 4.79 Å². The fourth-order valence-electron chi connectivity index (χ4n) is 1.79. The van der Waals surface area contributed by atoms with E-state index in [-0.39, 0.29) is 18.9 Å². The maximum Gasteiger partial charge on any atom is 0.416 e. The maximum absolute atomic E-state index is 11.9. The Morgan fingerprint density at radius 1 is 1.50 bits per heavy atom. The fraction of sp³-hybridized carbons (Fsp3) is 0.636. The van der Waals surface area contributed by atoms with Gasteiger partial charge in [0.1, 0.15) is 12.4 Å². The molecule has 0 aromatic carbocycles. The van der Waals surface area contributed by atoms with E-state index in [0.717, 1.165) is 4.90 Å². The van der Waals surface area contributed by atoms with Gasteiger partial charge in [-0.25, -0.2) is 9.69 Å². The van der Waals surface area contributed by atoms with Crippen LogP contribution in [0.15, 0.2) is 5.16 Å². The molecule has 0 aromatic rings. The molecule has 1 saturated heterocycles. The lowest BCUT2D eigenvalue weighted by molar-refractivity contribution is -0.138. The number of cyclic esters (lactones) is 1. The molecule has 0 spiro atoms. The zero-order valence-electron chi connectivity index (χ0n) is 10.0. The molecule has 2 aliphatic heterocycles. The molecule has 7 heteroatoms. The van der Waals surface area contributed by atoms with Gasteiger partial charge in [0.05, 0.1) is 12.3 Å². The standard InChI is InChI=1S/C11H14N2O5/c1-7(14)2-3-8-6-9(18-12-8)10(15)13-4-5-17-11(13)16/h9H,2-6H2,1H3. The van der Waals surface area contributed by atoms with Crippen LogP contribution in [0, 0.1) is 0 Å². The predicted molar refractivity (Wildman–Crippen MR) is 59.9 cm³/mol. The van der Waals surface area contributed by atoms with Crippen molar-refractivity contribution in [1.82, 2.24) is 4.90 Å². The highest BCUT2D eigenvalue weighted by Crippen LogP contribution is 2.18. The highest BCUT2D eigenvalue weighted by atomic mass is 16.6. The number of ether oxygens (including phenoxy) is 1. The van der Waals surface area contributed by atoms with Crippen molar-refractivity contribution in [1.29, 1.82) is 0 Å². The normalized spacial score (nSPS) is 22.5. The number of oxime groups is 1. The first-order valence-electron chi connectivity index (χ1n) is 5.77. The van der Waals surface area contributed by atoms with E-state index < -0.39 is 18.1 Å². The predicted octanol–water partition coefficient (Wildman–Crippen LogP) is 0.479. The summed E-state index contributed by atoms with van der Waals surface area (Å²) in [6.07, 6.45) is -0.202. The van der Waals surface area contributed by atoms with Crippen LogP contribution in [0.1, 0.15) is 26.2 Å². The summed E-state index contributed by atoms with van der Waals surface area (Å²) in [5, 5.41) is 3.77. The largest absolute Gasteiger partial charge is 0.447 e. The zero-order chi connectivity index (χ0) is 13.1. The number of hydrogen-bond donors (Lipinski definition) is 0. The van der Waals surface area contributed by atoms with Gasteiger partial charge in [-0.2, -0.15) is 0 Å². The van der Waals surface area contributed by atoms with Gasteiger partial charge in [-0.15, -0.1) is 0 Å². The van der Waals surface area contributed by atoms with E-state index in [1.54, 1.807) is 0 Å². The molecule has 1 fully saturated rings. The summed E-state index contributed by atoms with van der Waals surface area (Å²) < 4.78 is 4.68. The Morgan fingerprint density at radius 3 is 2.89 bits per heavy atom. The van der Waals surface area contributed by atoms with Crippen molar-refractivity contribution in [2.45, 2.75) is 32.3 Å². The first-order chi connectivity index (χ1) is 8.58. The Labute approximate surface area is 104 Å². The van der Waals surface area contributed by atoms with E-state index in [1.165, 1.54) is 6.92 Å². The average molecular weight is 254 g/mol. The number of imide groups is 1. The van der Waals surface area contributed by atoms with E-state index in [0.29, 0.717) is 25.0 Å². The van der Waals surface area contributed by atoms with Crippen LogP contribution >= 0.6 is 0 Å². The molecular weight excluding hydrogens is 240 g/mol. The number of carbonyl (C=O) groups is 3. The molecule has 2 aliphatic rings. The van der Waals surface area contributed by atoms with Gasteiger partial charge >= 0.3 is 6.09 Å². The van der Waals surface area contributed by atoms with Crippen LogP contribution in [-0.2, 0) is 19.2 Å². The Morgan fingerprint density at radius 2 is 2.28 bits per heavy atom. The lowest BCUT2D eigenvalue weighted by Crippen LogP contribution is -2.39. The van der Waals surface area contributed by atoms with E-state index in [9.17, 15) is 14.4 Å². The van der Waals surface area contributed by atoms with Crippen LogP contribution in [0.2, 0.25) is 0 Å². The minimum atomic E-state index is -0.766. The highest BCUT2D eigenvalue weighted by molar-refractivity contribution is 5.99. The first kappa shape index (κ1) is 12.5. The van der Waals surface area contributed by atoms with Crippen molar-refractivity contribution in [2.24, 2.45) is 5.16 Å². The third-order valence-corrected chi connectivity index (χ3v) is 2.80. The van der Waals surface area contributed by atoms with E-state index in [2.05, 4.69) is 9.89 Å². The number of nitrogens with zero attached hydrogens (tertiary/aromatic N) is 2. The van der Waals surface area contributed by atoms with Gasteiger partial charge in [0, 0.05) is 12.8 Å². The Balaban J connectivity index is 1.85. The van der Waals surface area contributed by atoms with E-state index >= 15 is 0 Å². The van der Waals surface area contributed by atoms with Gasteiger partial charge in [0.25, 0.3) is 5.91 Å². The molecule has 0 aromatic heterocycles. The summed E-state index contributed by atoms with van der Waals surface area (Å²) in [5.41, 5.74) is 0.677. The minimum absolute atomic E-state index is 0.0654. The van der Waals surface area contributed by atoms with Gasteiger partial charge in [-0.05, 0) is 13.3 Å². The molecule has 0 radical (unpaired) electrons. The molecule has 2 heterocycles. The number of ketones is 1. The van der Waals surface area contributed by atoms with Crippen LogP contribution in [0.3, 0.4) is 0 Å². The summed E-state index contributed by atoms with van der Waals surface area (Å²) in [7, 11) is 0. The number of rotatable bonds is 4. The number of hydrogen-bond acceptors (Lipinski definition) is 6. The molecule has 2 rings (SSSR count). The Hall–Kier alpha value is -1.92. The van der Waals surface area contributed by atoms with Crippen molar-refractivity contribution in [3.8, 4) is 0 Å². The zero-order valence-corrected chi connectivity index (χ0v) is 10.0. The smallest absolute Gasteiger partial charge is 0.416 e. The summed E-state index contributed by atoms with van der Waals surface area (Å²) in [5.74, 6) is -0.366. The highest BCUT2D eigenvalue weighted by Gasteiger charge is 2.37. The van der Waals surface area contributed by atoms with Crippen LogP contribution in [0.5, 0.6) is 0 Å². The minimum Gasteiger partial charge on any atom is -0.447 e. The second kappa shape index (κ2) is 5.16. The summed E-state index contributed by atoms with van der Waals surface area (Å²) in [6, 6.07) is 0. The third-order valence-electron chi connectivity index (χ3n) is 2.80. The van der Waals surface area contributed by atoms with E-state index in [4.69, 9.17) is 4.84 Å². The lowest BCUT2D eigenvalue weighted by Gasteiger charge is -2.13. The van der Waals surface area contributed by atoms with E-state index in [1.807, 2.05) is 0 Å². The van der Waals surface area contributed by atoms with Crippen LogP contribution < -0.4 is 0 Å². The Bertz CT molecular complexity index is 418. The average Bonchev–Trinajstić information content (AvgIpc) is 2.94. The third kappa shape index (κ3) is 2.66. The monoisotopic (exact) mass is 254 g/mol. The van der Waals surface area contributed by atoms with Crippen LogP contribution in [-0.4, -0.2) is 47.7 Å². The number of amides is 2. The Kier molecular flexibility index (Phi) is 3.59. The molecule has 2 amide bonds. The van der Waals surface area contributed by atoms with Crippen LogP contribution in [0.4, 0.5) is 4.79 Å². The SMILES string of the molecule is CC(=O)CCC1=NOC(C(=O)N2CCOC2=O)C1. The molecule has 7 nitrogen and oxygen atoms in total. The van der Waals surface area contributed by atoms with Crippen LogP contribution in [0.25, 0.3) is 0 Å². The van der Waals surface area contributed by atoms with Crippen molar-refractivity contribution >= 4 is 23.5 Å². The molecule has 0 aliphatic carbocycles. The molecule has 1 unspecified atom stereocenters. The quantitative estimate of drug-likeness (QED) is 0.728. The maximum atomic E-state index is 11.9. The number of Topliss-reactive ketones (excluding diaryl/α,β-unsaturated/α-hetero) is 1.